The van der Waals surface area contributed by atoms with Crippen LogP contribution in [0.15, 0.2) is 0 Å². The van der Waals surface area contributed by atoms with Crippen LogP contribution in [0.5, 0.6) is 0 Å². The fraction of sp³-hybridized carbons (Fsp3) is 0.600. The van der Waals surface area contributed by atoms with Crippen molar-refractivity contribution in [2.75, 3.05) is 13.6 Å². The predicted molar refractivity (Wildman–Crippen MR) is 58.9 cm³/mol. The van der Waals surface area contributed by atoms with Crippen molar-refractivity contribution in [1.82, 2.24) is 20.8 Å². The van der Waals surface area contributed by atoms with E-state index in [0.717, 1.165) is 11.3 Å². The minimum Gasteiger partial charge on any atom is -0.349 e. The van der Waals surface area contributed by atoms with Gasteiger partial charge in [0.25, 0.3) is 5.91 Å². The molecular formula is C10H18N4O. The van der Waals surface area contributed by atoms with E-state index in [0.29, 0.717) is 12.2 Å². The van der Waals surface area contributed by atoms with E-state index in [9.17, 15) is 4.79 Å². The third kappa shape index (κ3) is 2.79. The first kappa shape index (κ1) is 11.7. The molecule has 0 aliphatic rings. The molecule has 0 bridgehead atoms. The van der Waals surface area contributed by atoms with Crippen LogP contribution in [0.1, 0.15) is 28.7 Å². The van der Waals surface area contributed by atoms with E-state index < -0.39 is 0 Å². The number of hydrogen-bond acceptors (Lipinski definition) is 3. The van der Waals surface area contributed by atoms with E-state index in [1.54, 1.807) is 0 Å². The Morgan fingerprint density at radius 3 is 2.67 bits per heavy atom. The van der Waals surface area contributed by atoms with Crippen molar-refractivity contribution in [2.45, 2.75) is 26.8 Å². The van der Waals surface area contributed by atoms with E-state index in [1.165, 1.54) is 0 Å². The van der Waals surface area contributed by atoms with Gasteiger partial charge in [-0.05, 0) is 27.8 Å². The molecule has 0 saturated heterocycles. The van der Waals surface area contributed by atoms with Crippen LogP contribution in [0.25, 0.3) is 0 Å². The SMILES string of the molecule is CNC(C)CNC(=O)c1n[nH]c(C)c1C. The molecule has 0 fully saturated rings. The summed E-state index contributed by atoms with van der Waals surface area (Å²) in [6.45, 7) is 6.38. The Hall–Kier alpha value is -1.36. The van der Waals surface area contributed by atoms with Crippen molar-refractivity contribution in [2.24, 2.45) is 0 Å². The van der Waals surface area contributed by atoms with Gasteiger partial charge in [-0.1, -0.05) is 0 Å². The molecule has 0 aliphatic carbocycles. The fourth-order valence-corrected chi connectivity index (χ4v) is 1.14. The molecule has 1 aromatic heterocycles. The first-order valence-corrected chi connectivity index (χ1v) is 5.03. The smallest absolute Gasteiger partial charge is 0.272 e. The third-order valence-corrected chi connectivity index (χ3v) is 2.53. The molecule has 1 unspecified atom stereocenters. The molecule has 1 aromatic rings. The summed E-state index contributed by atoms with van der Waals surface area (Å²) >= 11 is 0. The number of aromatic amines is 1. The van der Waals surface area contributed by atoms with Gasteiger partial charge in [-0.2, -0.15) is 5.10 Å². The number of rotatable bonds is 4. The molecule has 1 amide bonds. The summed E-state index contributed by atoms with van der Waals surface area (Å²) in [6.07, 6.45) is 0. The quantitative estimate of drug-likeness (QED) is 0.672. The summed E-state index contributed by atoms with van der Waals surface area (Å²) < 4.78 is 0. The van der Waals surface area contributed by atoms with Crippen molar-refractivity contribution in [3.63, 3.8) is 0 Å². The molecule has 1 heterocycles. The highest BCUT2D eigenvalue weighted by Crippen LogP contribution is 2.07. The number of hydrogen-bond donors (Lipinski definition) is 3. The second kappa shape index (κ2) is 4.93. The van der Waals surface area contributed by atoms with Crippen LogP contribution < -0.4 is 10.6 Å². The van der Waals surface area contributed by atoms with Crippen LogP contribution in [-0.2, 0) is 0 Å². The summed E-state index contributed by atoms with van der Waals surface area (Å²) in [4.78, 5) is 11.7. The zero-order chi connectivity index (χ0) is 11.4. The molecule has 1 atom stereocenters. The lowest BCUT2D eigenvalue weighted by Gasteiger charge is -2.10. The summed E-state index contributed by atoms with van der Waals surface area (Å²) in [5, 5.41) is 12.6. The van der Waals surface area contributed by atoms with E-state index in [-0.39, 0.29) is 11.9 Å². The van der Waals surface area contributed by atoms with Crippen LogP contribution in [0.3, 0.4) is 0 Å². The topological polar surface area (TPSA) is 69.8 Å². The van der Waals surface area contributed by atoms with Gasteiger partial charge in [-0.15, -0.1) is 0 Å². The lowest BCUT2D eigenvalue weighted by Crippen LogP contribution is -2.37. The molecule has 84 valence electrons. The Labute approximate surface area is 89.6 Å². The number of carbonyl (C=O) groups is 1. The summed E-state index contributed by atoms with van der Waals surface area (Å²) in [5.41, 5.74) is 2.32. The Balaban J connectivity index is 2.58. The van der Waals surface area contributed by atoms with Gasteiger partial charge in [0.15, 0.2) is 5.69 Å². The molecule has 0 saturated carbocycles. The Kier molecular flexibility index (Phi) is 3.85. The monoisotopic (exact) mass is 210 g/mol. The summed E-state index contributed by atoms with van der Waals surface area (Å²) in [7, 11) is 1.86. The Morgan fingerprint density at radius 1 is 1.53 bits per heavy atom. The van der Waals surface area contributed by atoms with Crippen LogP contribution in [-0.4, -0.2) is 35.7 Å². The van der Waals surface area contributed by atoms with Gasteiger partial charge >= 0.3 is 0 Å². The number of aromatic nitrogens is 2. The molecule has 0 radical (unpaired) electrons. The molecule has 0 aliphatic heterocycles. The van der Waals surface area contributed by atoms with Gasteiger partial charge in [-0.25, -0.2) is 0 Å². The summed E-state index contributed by atoms with van der Waals surface area (Å²) in [5.74, 6) is -0.126. The number of nitrogens with one attached hydrogen (secondary N) is 3. The highest BCUT2D eigenvalue weighted by atomic mass is 16.1. The van der Waals surface area contributed by atoms with Crippen LogP contribution in [0.4, 0.5) is 0 Å². The molecular weight excluding hydrogens is 192 g/mol. The summed E-state index contributed by atoms with van der Waals surface area (Å²) in [6, 6.07) is 0.259. The Morgan fingerprint density at radius 2 is 2.20 bits per heavy atom. The molecule has 15 heavy (non-hydrogen) atoms. The van der Waals surface area contributed by atoms with E-state index >= 15 is 0 Å². The largest absolute Gasteiger partial charge is 0.349 e. The average Bonchev–Trinajstić information content (AvgIpc) is 2.56. The van der Waals surface area contributed by atoms with Gasteiger partial charge in [0.2, 0.25) is 0 Å². The second-order valence-electron chi connectivity index (χ2n) is 3.72. The van der Waals surface area contributed by atoms with Crippen molar-refractivity contribution in [1.29, 1.82) is 0 Å². The highest BCUT2D eigenvalue weighted by molar-refractivity contribution is 5.93. The van der Waals surface area contributed by atoms with Gasteiger partial charge in [0.1, 0.15) is 0 Å². The maximum Gasteiger partial charge on any atom is 0.272 e. The van der Waals surface area contributed by atoms with Gasteiger partial charge in [0.05, 0.1) is 0 Å². The molecule has 0 aromatic carbocycles. The normalized spacial score (nSPS) is 12.5. The van der Waals surface area contributed by atoms with Crippen molar-refractivity contribution >= 4 is 5.91 Å². The predicted octanol–water partition coefficient (Wildman–Crippen LogP) is 0.364. The maximum absolute atomic E-state index is 11.7. The minimum absolute atomic E-state index is 0.126. The fourth-order valence-electron chi connectivity index (χ4n) is 1.14. The highest BCUT2D eigenvalue weighted by Gasteiger charge is 2.14. The third-order valence-electron chi connectivity index (χ3n) is 2.53. The number of nitrogens with zero attached hydrogens (tertiary/aromatic N) is 1. The second-order valence-corrected chi connectivity index (χ2v) is 3.72. The van der Waals surface area contributed by atoms with Crippen LogP contribution in [0.2, 0.25) is 0 Å². The number of H-pyrrole nitrogens is 1. The van der Waals surface area contributed by atoms with Crippen molar-refractivity contribution < 1.29 is 4.79 Å². The van der Waals surface area contributed by atoms with Gasteiger partial charge in [-0.3, -0.25) is 9.89 Å². The minimum atomic E-state index is -0.126. The number of carbonyl (C=O) groups excluding carboxylic acids is 1. The molecule has 5 heteroatoms. The molecule has 0 spiro atoms. The van der Waals surface area contributed by atoms with E-state index in [4.69, 9.17) is 0 Å². The maximum atomic E-state index is 11.7. The van der Waals surface area contributed by atoms with Gasteiger partial charge < -0.3 is 10.6 Å². The first-order valence-electron chi connectivity index (χ1n) is 5.03. The first-order chi connectivity index (χ1) is 7.06. The zero-order valence-electron chi connectivity index (χ0n) is 9.64. The molecule has 5 nitrogen and oxygen atoms in total. The lowest BCUT2D eigenvalue weighted by atomic mass is 10.2. The van der Waals surface area contributed by atoms with Crippen molar-refractivity contribution in [3.05, 3.63) is 17.0 Å². The Bertz CT molecular complexity index is 345. The standard InChI is InChI=1S/C10H18N4O/c1-6(11-4)5-12-10(15)9-7(2)8(3)13-14-9/h6,11H,5H2,1-4H3,(H,12,15)(H,13,14). The number of amides is 1. The van der Waals surface area contributed by atoms with Crippen molar-refractivity contribution in [3.8, 4) is 0 Å². The van der Waals surface area contributed by atoms with E-state index in [1.807, 2.05) is 27.8 Å². The number of likely N-dealkylation sites (N-methyl/N-ethyl adjacent to an activating group) is 1. The number of aryl methyl sites for hydroxylation is 1. The average molecular weight is 210 g/mol. The van der Waals surface area contributed by atoms with E-state index in [2.05, 4.69) is 20.8 Å². The van der Waals surface area contributed by atoms with Gasteiger partial charge in [0, 0.05) is 23.8 Å². The zero-order valence-corrected chi connectivity index (χ0v) is 9.64. The molecule has 1 rings (SSSR count). The van der Waals surface area contributed by atoms with Crippen LogP contribution >= 0.6 is 0 Å². The molecule has 3 N–H and O–H groups in total. The van der Waals surface area contributed by atoms with Crippen LogP contribution in [0, 0.1) is 13.8 Å². The lowest BCUT2D eigenvalue weighted by molar-refractivity contribution is 0.0945.